The van der Waals surface area contributed by atoms with E-state index in [2.05, 4.69) is 15.9 Å². The van der Waals surface area contributed by atoms with Gasteiger partial charge in [0.15, 0.2) is 29.8 Å². The molecule has 14 heavy (non-hydrogen) atoms. The summed E-state index contributed by atoms with van der Waals surface area (Å²) >= 11 is 2.93. The number of rotatable bonds is 3. The minimum atomic E-state index is -0.875. The lowest BCUT2D eigenvalue weighted by Gasteiger charge is -2.10. The smallest absolute Gasteiger partial charge is 0.191 e. The van der Waals surface area contributed by atoms with E-state index in [1.165, 1.54) is 6.92 Å². The van der Waals surface area contributed by atoms with Gasteiger partial charge >= 0.3 is 0 Å². The maximum atomic E-state index is 13.1. The van der Waals surface area contributed by atoms with Crippen molar-refractivity contribution in [2.24, 2.45) is 0 Å². The van der Waals surface area contributed by atoms with Crippen molar-refractivity contribution >= 4 is 22.2 Å². The van der Waals surface area contributed by atoms with Crippen molar-refractivity contribution in [3.05, 3.63) is 28.2 Å². The summed E-state index contributed by atoms with van der Waals surface area (Å²) in [6.07, 6.45) is -0.416. The van der Waals surface area contributed by atoms with E-state index in [4.69, 9.17) is 4.74 Å². The Morgan fingerprint density at radius 1 is 1.43 bits per heavy atom. The average molecular weight is 265 g/mol. The van der Waals surface area contributed by atoms with Gasteiger partial charge in [-0.1, -0.05) is 15.9 Å². The Morgan fingerprint density at radius 2 is 1.93 bits per heavy atom. The third-order valence-electron chi connectivity index (χ3n) is 1.46. The fourth-order valence-electron chi connectivity index (χ4n) is 0.855. The van der Waals surface area contributed by atoms with E-state index in [9.17, 15) is 13.6 Å². The highest BCUT2D eigenvalue weighted by Gasteiger charge is 2.14. The fraction of sp³-hybridized carbons (Fsp3) is 0.222. The second kappa shape index (κ2) is 4.50. The van der Waals surface area contributed by atoms with Gasteiger partial charge in [0, 0.05) is 4.47 Å². The standard InChI is InChI=1S/C9H7BrF2O2/c1-5(4-13)14-9-7(11)2-6(10)3-8(9)12/h2-5H,1H3. The summed E-state index contributed by atoms with van der Waals surface area (Å²) in [5.41, 5.74) is 0. The Bertz CT molecular complexity index is 332. The highest BCUT2D eigenvalue weighted by Crippen LogP contribution is 2.26. The molecule has 1 rings (SSSR count). The number of carbonyl (C=O) groups excluding carboxylic acids is 1. The average Bonchev–Trinajstić information content (AvgIpc) is 2.10. The van der Waals surface area contributed by atoms with Gasteiger partial charge in [0.1, 0.15) is 0 Å². The molecule has 1 aromatic carbocycles. The van der Waals surface area contributed by atoms with Crippen LogP contribution in [0, 0.1) is 11.6 Å². The molecule has 0 bridgehead atoms. The number of hydrogen-bond donors (Lipinski definition) is 0. The maximum Gasteiger partial charge on any atom is 0.191 e. The predicted molar refractivity (Wildman–Crippen MR) is 50.2 cm³/mol. The quantitative estimate of drug-likeness (QED) is 0.785. The van der Waals surface area contributed by atoms with Crippen LogP contribution in [-0.2, 0) is 4.79 Å². The van der Waals surface area contributed by atoms with Crippen LogP contribution in [0.4, 0.5) is 8.78 Å². The molecule has 0 saturated heterocycles. The molecule has 0 N–H and O–H groups in total. The summed E-state index contributed by atoms with van der Waals surface area (Å²) in [6.45, 7) is 1.40. The molecular formula is C9H7BrF2O2. The lowest BCUT2D eigenvalue weighted by atomic mass is 10.3. The van der Waals surface area contributed by atoms with E-state index < -0.39 is 23.5 Å². The Labute approximate surface area is 88.0 Å². The summed E-state index contributed by atoms with van der Waals surface area (Å²) in [5.74, 6) is -2.22. The largest absolute Gasteiger partial charge is 0.477 e. The van der Waals surface area contributed by atoms with Gasteiger partial charge < -0.3 is 4.74 Å². The Balaban J connectivity index is 3.02. The van der Waals surface area contributed by atoms with Crippen molar-refractivity contribution in [1.29, 1.82) is 0 Å². The lowest BCUT2D eigenvalue weighted by Crippen LogP contribution is -2.14. The van der Waals surface area contributed by atoms with Crippen molar-refractivity contribution in [2.75, 3.05) is 0 Å². The van der Waals surface area contributed by atoms with E-state index >= 15 is 0 Å². The molecule has 1 aromatic rings. The molecule has 0 saturated carbocycles. The molecule has 0 amide bonds. The highest BCUT2D eigenvalue weighted by molar-refractivity contribution is 9.10. The van der Waals surface area contributed by atoms with Gasteiger partial charge in [0.25, 0.3) is 0 Å². The van der Waals surface area contributed by atoms with Gasteiger partial charge in [-0.05, 0) is 19.1 Å². The van der Waals surface area contributed by atoms with Gasteiger partial charge in [-0.25, -0.2) is 8.78 Å². The number of ether oxygens (including phenoxy) is 1. The molecule has 0 fully saturated rings. The zero-order valence-electron chi connectivity index (χ0n) is 7.26. The third kappa shape index (κ3) is 2.51. The van der Waals surface area contributed by atoms with Crippen LogP contribution >= 0.6 is 15.9 Å². The molecule has 76 valence electrons. The van der Waals surface area contributed by atoms with E-state index in [1.54, 1.807) is 0 Å². The molecule has 0 aliphatic carbocycles. The second-order valence-corrected chi connectivity index (χ2v) is 3.57. The number of carbonyl (C=O) groups is 1. The van der Waals surface area contributed by atoms with Gasteiger partial charge in [0.05, 0.1) is 0 Å². The molecule has 0 spiro atoms. The number of aldehydes is 1. The van der Waals surface area contributed by atoms with Crippen LogP contribution in [0.3, 0.4) is 0 Å². The number of hydrogen-bond acceptors (Lipinski definition) is 2. The van der Waals surface area contributed by atoms with Crippen LogP contribution < -0.4 is 4.74 Å². The summed E-state index contributed by atoms with van der Waals surface area (Å²) < 4.78 is 31.2. The van der Waals surface area contributed by atoms with Crippen LogP contribution in [0.2, 0.25) is 0 Å². The zero-order valence-corrected chi connectivity index (χ0v) is 8.85. The minimum absolute atomic E-state index is 0.276. The Hall–Kier alpha value is -0.970. The molecular weight excluding hydrogens is 258 g/mol. The summed E-state index contributed by atoms with van der Waals surface area (Å²) in [5, 5.41) is 0. The van der Waals surface area contributed by atoms with Crippen LogP contribution in [0.1, 0.15) is 6.92 Å². The van der Waals surface area contributed by atoms with Gasteiger partial charge in [-0.2, -0.15) is 0 Å². The lowest BCUT2D eigenvalue weighted by molar-refractivity contribution is -0.113. The highest BCUT2D eigenvalue weighted by atomic mass is 79.9. The molecule has 5 heteroatoms. The molecule has 0 aliphatic rings. The second-order valence-electron chi connectivity index (χ2n) is 2.66. The van der Waals surface area contributed by atoms with Crippen molar-refractivity contribution in [3.8, 4) is 5.75 Å². The fourth-order valence-corrected chi connectivity index (χ4v) is 1.26. The SMILES string of the molecule is CC(C=O)Oc1c(F)cc(Br)cc1F. The summed E-state index contributed by atoms with van der Waals surface area (Å²) in [7, 11) is 0. The first-order valence-corrected chi connectivity index (χ1v) is 4.60. The van der Waals surface area contributed by atoms with Crippen molar-refractivity contribution < 1.29 is 18.3 Å². The Morgan fingerprint density at radius 3 is 2.36 bits per heavy atom. The molecule has 0 aromatic heterocycles. The number of benzene rings is 1. The van der Waals surface area contributed by atoms with E-state index in [-0.39, 0.29) is 4.47 Å². The third-order valence-corrected chi connectivity index (χ3v) is 1.92. The van der Waals surface area contributed by atoms with Crippen molar-refractivity contribution in [2.45, 2.75) is 13.0 Å². The molecule has 0 radical (unpaired) electrons. The first kappa shape index (κ1) is 11.1. The first-order valence-electron chi connectivity index (χ1n) is 3.81. The van der Waals surface area contributed by atoms with E-state index in [0.29, 0.717) is 6.29 Å². The van der Waals surface area contributed by atoms with E-state index in [0.717, 1.165) is 12.1 Å². The minimum Gasteiger partial charge on any atom is -0.477 e. The van der Waals surface area contributed by atoms with Gasteiger partial charge in [-0.15, -0.1) is 0 Å². The van der Waals surface area contributed by atoms with Gasteiger partial charge in [0.2, 0.25) is 0 Å². The molecule has 1 atom stereocenters. The van der Waals surface area contributed by atoms with Crippen LogP contribution in [0.5, 0.6) is 5.75 Å². The van der Waals surface area contributed by atoms with Crippen LogP contribution in [0.25, 0.3) is 0 Å². The Kier molecular flexibility index (Phi) is 3.57. The van der Waals surface area contributed by atoms with Crippen LogP contribution in [0.15, 0.2) is 16.6 Å². The van der Waals surface area contributed by atoms with Crippen molar-refractivity contribution in [1.82, 2.24) is 0 Å². The zero-order chi connectivity index (χ0) is 10.7. The van der Waals surface area contributed by atoms with Gasteiger partial charge in [-0.3, -0.25) is 4.79 Å². The normalized spacial score (nSPS) is 12.3. The topological polar surface area (TPSA) is 26.3 Å². The maximum absolute atomic E-state index is 13.1. The summed E-state index contributed by atoms with van der Waals surface area (Å²) in [4.78, 5) is 10.2. The first-order chi connectivity index (χ1) is 6.54. The monoisotopic (exact) mass is 264 g/mol. The molecule has 0 heterocycles. The van der Waals surface area contributed by atoms with Crippen LogP contribution in [-0.4, -0.2) is 12.4 Å². The van der Waals surface area contributed by atoms with Crippen molar-refractivity contribution in [3.63, 3.8) is 0 Å². The summed E-state index contributed by atoms with van der Waals surface area (Å²) in [6, 6.07) is 2.13. The molecule has 2 nitrogen and oxygen atoms in total. The molecule has 0 aliphatic heterocycles. The predicted octanol–water partition coefficient (Wildman–Crippen LogP) is 2.69. The molecule has 1 unspecified atom stereocenters. The number of halogens is 3. The van der Waals surface area contributed by atoms with E-state index in [1.807, 2.05) is 0 Å².